The highest BCUT2D eigenvalue weighted by atomic mass is 16.5. The Labute approximate surface area is 59.9 Å². The van der Waals surface area contributed by atoms with Crippen LogP contribution in [0.5, 0.6) is 0 Å². The topological polar surface area (TPSA) is 49.7 Å². The second kappa shape index (κ2) is 3.03. The molecule has 3 heteroatoms. The van der Waals surface area contributed by atoms with Crippen LogP contribution in [0.1, 0.15) is 12.8 Å². The van der Waals surface area contributed by atoms with Crippen LogP contribution in [0, 0.1) is 0 Å². The number of ether oxygens (including phenoxy) is 1. The first-order valence-electron chi connectivity index (χ1n) is 3.34. The van der Waals surface area contributed by atoms with Gasteiger partial charge in [0, 0.05) is 13.5 Å². The zero-order chi connectivity index (χ0) is 7.56. The predicted octanol–water partition coefficient (Wildman–Crippen LogP) is 0.598. The van der Waals surface area contributed by atoms with Crippen molar-refractivity contribution in [2.45, 2.75) is 25.0 Å². The maximum atomic E-state index is 9.08. The van der Waals surface area contributed by atoms with E-state index in [-0.39, 0.29) is 11.9 Å². The summed E-state index contributed by atoms with van der Waals surface area (Å²) >= 11 is 0. The van der Waals surface area contributed by atoms with Crippen LogP contribution in [0.15, 0.2) is 11.8 Å². The average Bonchev–Trinajstić information content (AvgIpc) is 1.95. The van der Waals surface area contributed by atoms with Gasteiger partial charge in [0.05, 0.1) is 6.10 Å². The highest BCUT2D eigenvalue weighted by Gasteiger charge is 2.21. The van der Waals surface area contributed by atoms with Crippen molar-refractivity contribution in [1.82, 2.24) is 0 Å². The van der Waals surface area contributed by atoms with Crippen LogP contribution in [0.3, 0.4) is 0 Å². The van der Waals surface area contributed by atoms with E-state index in [0.717, 1.165) is 0 Å². The second-order valence-electron chi connectivity index (χ2n) is 2.47. The van der Waals surface area contributed by atoms with Crippen LogP contribution in [-0.2, 0) is 4.74 Å². The van der Waals surface area contributed by atoms with E-state index in [0.29, 0.717) is 12.8 Å². The number of aliphatic hydroxyl groups excluding tert-OH is 2. The summed E-state index contributed by atoms with van der Waals surface area (Å²) in [6.07, 6.45) is 2.13. The van der Waals surface area contributed by atoms with Gasteiger partial charge in [-0.15, -0.1) is 0 Å². The molecule has 0 spiro atoms. The maximum Gasteiger partial charge on any atom is 0.117 e. The third kappa shape index (κ3) is 1.49. The summed E-state index contributed by atoms with van der Waals surface area (Å²) < 4.78 is 4.99. The lowest BCUT2D eigenvalue weighted by atomic mass is 10.0. The van der Waals surface area contributed by atoms with Gasteiger partial charge < -0.3 is 14.9 Å². The average molecular weight is 144 g/mol. The normalized spacial score (nSPS) is 33.6. The molecule has 10 heavy (non-hydrogen) atoms. The van der Waals surface area contributed by atoms with Gasteiger partial charge in [-0.2, -0.15) is 0 Å². The zero-order valence-corrected chi connectivity index (χ0v) is 5.95. The van der Waals surface area contributed by atoms with Crippen molar-refractivity contribution in [1.29, 1.82) is 0 Å². The fraction of sp³-hybridized carbons (Fsp3) is 0.714. The van der Waals surface area contributed by atoms with Crippen molar-refractivity contribution in [3.05, 3.63) is 11.8 Å². The van der Waals surface area contributed by atoms with E-state index in [1.54, 1.807) is 13.2 Å². The molecule has 1 aliphatic rings. The Morgan fingerprint density at radius 1 is 1.70 bits per heavy atom. The molecular weight excluding hydrogens is 132 g/mol. The Kier molecular flexibility index (Phi) is 2.29. The van der Waals surface area contributed by atoms with Crippen molar-refractivity contribution in [3.8, 4) is 0 Å². The van der Waals surface area contributed by atoms with Crippen molar-refractivity contribution < 1.29 is 14.9 Å². The third-order valence-electron chi connectivity index (χ3n) is 1.75. The summed E-state index contributed by atoms with van der Waals surface area (Å²) in [6, 6.07) is 0. The molecule has 0 bridgehead atoms. The molecule has 0 saturated carbocycles. The lowest BCUT2D eigenvalue weighted by Crippen LogP contribution is -2.25. The van der Waals surface area contributed by atoms with Crippen molar-refractivity contribution in [2.24, 2.45) is 0 Å². The van der Waals surface area contributed by atoms with E-state index in [4.69, 9.17) is 14.9 Å². The fourth-order valence-electron chi connectivity index (χ4n) is 1.05. The predicted molar refractivity (Wildman–Crippen MR) is 36.7 cm³/mol. The number of hydrogen-bond acceptors (Lipinski definition) is 3. The lowest BCUT2D eigenvalue weighted by Gasteiger charge is -2.21. The van der Waals surface area contributed by atoms with E-state index in [1.165, 1.54) is 0 Å². The smallest absolute Gasteiger partial charge is 0.117 e. The minimum absolute atomic E-state index is 0.0610. The third-order valence-corrected chi connectivity index (χ3v) is 1.75. The standard InChI is InChI=1S/C7H12O3/c1-10-5-2-3-6(8)7(9)4-5/h3,5,7-9H,2,4H2,1H3/t5-,7?/m1/s1. The van der Waals surface area contributed by atoms with Gasteiger partial charge in [-0.3, -0.25) is 0 Å². The van der Waals surface area contributed by atoms with Gasteiger partial charge in [-0.05, 0) is 12.5 Å². The quantitative estimate of drug-likeness (QED) is 0.566. The first kappa shape index (κ1) is 7.57. The number of methoxy groups -OCH3 is 1. The molecule has 3 nitrogen and oxygen atoms in total. The molecular formula is C7H12O3. The molecule has 1 rings (SSSR count). The maximum absolute atomic E-state index is 9.08. The Morgan fingerprint density at radius 3 is 2.90 bits per heavy atom. The van der Waals surface area contributed by atoms with Crippen molar-refractivity contribution in [2.75, 3.05) is 7.11 Å². The molecule has 0 aromatic heterocycles. The molecule has 0 aliphatic heterocycles. The van der Waals surface area contributed by atoms with Crippen LogP contribution >= 0.6 is 0 Å². The molecule has 1 aliphatic carbocycles. The number of aliphatic hydroxyl groups is 2. The van der Waals surface area contributed by atoms with Crippen molar-refractivity contribution >= 4 is 0 Å². The minimum Gasteiger partial charge on any atom is -0.510 e. The lowest BCUT2D eigenvalue weighted by molar-refractivity contribution is 0.0332. The van der Waals surface area contributed by atoms with Gasteiger partial charge in [0.2, 0.25) is 0 Å². The van der Waals surface area contributed by atoms with E-state index >= 15 is 0 Å². The van der Waals surface area contributed by atoms with E-state index in [9.17, 15) is 0 Å². The zero-order valence-electron chi connectivity index (χ0n) is 5.95. The molecule has 0 fully saturated rings. The second-order valence-corrected chi connectivity index (χ2v) is 2.47. The van der Waals surface area contributed by atoms with E-state index in [2.05, 4.69) is 0 Å². The summed E-state index contributed by atoms with van der Waals surface area (Å²) in [4.78, 5) is 0. The van der Waals surface area contributed by atoms with Gasteiger partial charge in [0.1, 0.15) is 11.9 Å². The first-order chi connectivity index (χ1) is 4.74. The Balaban J connectivity index is 2.51. The van der Waals surface area contributed by atoms with Crippen LogP contribution in [0.25, 0.3) is 0 Å². The highest BCUT2D eigenvalue weighted by molar-refractivity contribution is 5.04. The summed E-state index contributed by atoms with van der Waals surface area (Å²) in [5.41, 5.74) is 0. The molecule has 0 aromatic carbocycles. The largest absolute Gasteiger partial charge is 0.510 e. The van der Waals surface area contributed by atoms with E-state index < -0.39 is 6.10 Å². The Hall–Kier alpha value is -0.540. The first-order valence-corrected chi connectivity index (χ1v) is 3.34. The molecule has 58 valence electrons. The Bertz CT molecular complexity index is 142. The molecule has 2 N–H and O–H groups in total. The van der Waals surface area contributed by atoms with E-state index in [1.807, 2.05) is 0 Å². The molecule has 0 heterocycles. The number of hydrogen-bond donors (Lipinski definition) is 2. The van der Waals surface area contributed by atoms with Gasteiger partial charge in [0.15, 0.2) is 0 Å². The van der Waals surface area contributed by atoms with Gasteiger partial charge in [-0.25, -0.2) is 0 Å². The van der Waals surface area contributed by atoms with Gasteiger partial charge in [-0.1, -0.05) is 0 Å². The fourth-order valence-corrected chi connectivity index (χ4v) is 1.05. The Morgan fingerprint density at radius 2 is 2.40 bits per heavy atom. The van der Waals surface area contributed by atoms with Crippen LogP contribution in [-0.4, -0.2) is 29.5 Å². The van der Waals surface area contributed by atoms with Crippen LogP contribution in [0.2, 0.25) is 0 Å². The van der Waals surface area contributed by atoms with Crippen molar-refractivity contribution in [3.63, 3.8) is 0 Å². The summed E-state index contributed by atoms with van der Waals surface area (Å²) in [7, 11) is 1.60. The molecule has 0 amide bonds. The monoisotopic (exact) mass is 144 g/mol. The van der Waals surface area contributed by atoms with Crippen LogP contribution < -0.4 is 0 Å². The summed E-state index contributed by atoms with van der Waals surface area (Å²) in [6.45, 7) is 0. The SMILES string of the molecule is CO[C@@H]1CC=C(O)C(O)C1. The van der Waals surface area contributed by atoms with Gasteiger partial charge in [0.25, 0.3) is 0 Å². The van der Waals surface area contributed by atoms with Crippen LogP contribution in [0.4, 0.5) is 0 Å². The number of rotatable bonds is 1. The molecule has 0 radical (unpaired) electrons. The minimum atomic E-state index is -0.723. The van der Waals surface area contributed by atoms with Gasteiger partial charge >= 0.3 is 0 Å². The summed E-state index contributed by atoms with van der Waals surface area (Å²) in [5.74, 6) is 0.0771. The molecule has 0 saturated heterocycles. The molecule has 1 unspecified atom stereocenters. The summed E-state index contributed by atoms with van der Waals surface area (Å²) in [5, 5.41) is 18.0. The highest BCUT2D eigenvalue weighted by Crippen LogP contribution is 2.18. The molecule has 2 atom stereocenters. The molecule has 0 aromatic rings.